The fourth-order valence-corrected chi connectivity index (χ4v) is 3.57. The molecule has 0 aromatic carbocycles. The highest BCUT2D eigenvalue weighted by molar-refractivity contribution is 4.94. The van der Waals surface area contributed by atoms with E-state index < -0.39 is 0 Å². The number of hydrogen-bond donors (Lipinski definition) is 0. The average Bonchev–Trinajstić information content (AvgIpc) is 2.02. The van der Waals surface area contributed by atoms with Gasteiger partial charge in [0.1, 0.15) is 0 Å². The largest absolute Gasteiger partial charge is 0.0625 e. The summed E-state index contributed by atoms with van der Waals surface area (Å²) in [4.78, 5) is 0. The molecule has 2 rings (SSSR count). The molecule has 0 heteroatoms. The molecular weight excluding hydrogens is 156 g/mol. The Morgan fingerprint density at radius 1 is 1.15 bits per heavy atom. The number of hydrogen-bond acceptors (Lipinski definition) is 0. The standard InChI is InChI=1S/C13H24/c1-10(2)12-9-13(6-4-7-13)8-5-11(12)3/h10-12H,4-9H2,1-3H3. The zero-order chi connectivity index (χ0) is 9.47. The maximum absolute atomic E-state index is 2.47. The topological polar surface area (TPSA) is 0 Å². The van der Waals surface area contributed by atoms with E-state index in [4.69, 9.17) is 0 Å². The molecule has 0 radical (unpaired) electrons. The third kappa shape index (κ3) is 1.65. The van der Waals surface area contributed by atoms with Crippen LogP contribution >= 0.6 is 0 Å². The van der Waals surface area contributed by atoms with Crippen molar-refractivity contribution in [3.63, 3.8) is 0 Å². The molecule has 0 saturated heterocycles. The van der Waals surface area contributed by atoms with Crippen molar-refractivity contribution in [1.29, 1.82) is 0 Å². The summed E-state index contributed by atoms with van der Waals surface area (Å²) in [5, 5.41) is 0. The van der Waals surface area contributed by atoms with Crippen LogP contribution in [0.3, 0.4) is 0 Å². The van der Waals surface area contributed by atoms with Gasteiger partial charge in [0.05, 0.1) is 0 Å². The van der Waals surface area contributed by atoms with Crippen molar-refractivity contribution in [3.05, 3.63) is 0 Å². The Kier molecular flexibility index (Phi) is 2.42. The van der Waals surface area contributed by atoms with Crippen LogP contribution in [0.2, 0.25) is 0 Å². The Balaban J connectivity index is 2.01. The van der Waals surface area contributed by atoms with Crippen LogP contribution < -0.4 is 0 Å². The van der Waals surface area contributed by atoms with Gasteiger partial charge in [0.15, 0.2) is 0 Å². The lowest BCUT2D eigenvalue weighted by molar-refractivity contribution is 0.00465. The van der Waals surface area contributed by atoms with E-state index in [1.165, 1.54) is 19.3 Å². The molecule has 2 aliphatic carbocycles. The fraction of sp³-hybridized carbons (Fsp3) is 1.00. The molecule has 2 saturated carbocycles. The minimum absolute atomic E-state index is 0.835. The molecule has 2 unspecified atom stereocenters. The van der Waals surface area contributed by atoms with Crippen molar-refractivity contribution in [2.75, 3.05) is 0 Å². The maximum Gasteiger partial charge on any atom is -0.0295 e. The molecule has 0 N–H and O–H groups in total. The molecular formula is C13H24. The van der Waals surface area contributed by atoms with E-state index in [-0.39, 0.29) is 0 Å². The van der Waals surface area contributed by atoms with Crippen LogP contribution in [0.25, 0.3) is 0 Å². The van der Waals surface area contributed by atoms with Gasteiger partial charge in [0, 0.05) is 0 Å². The molecule has 0 aromatic rings. The van der Waals surface area contributed by atoms with E-state index >= 15 is 0 Å². The summed E-state index contributed by atoms with van der Waals surface area (Å²) in [5.74, 6) is 2.92. The van der Waals surface area contributed by atoms with E-state index in [1.54, 1.807) is 19.3 Å². The van der Waals surface area contributed by atoms with E-state index in [2.05, 4.69) is 20.8 Å². The molecule has 0 bridgehead atoms. The van der Waals surface area contributed by atoms with Crippen molar-refractivity contribution in [1.82, 2.24) is 0 Å². The van der Waals surface area contributed by atoms with Crippen LogP contribution in [-0.2, 0) is 0 Å². The fourth-order valence-electron chi connectivity index (χ4n) is 3.57. The van der Waals surface area contributed by atoms with Crippen LogP contribution in [0.15, 0.2) is 0 Å². The van der Waals surface area contributed by atoms with Gasteiger partial charge in [0.2, 0.25) is 0 Å². The van der Waals surface area contributed by atoms with E-state index in [0.717, 1.165) is 23.2 Å². The molecule has 13 heavy (non-hydrogen) atoms. The van der Waals surface area contributed by atoms with Crippen molar-refractivity contribution in [3.8, 4) is 0 Å². The second kappa shape index (κ2) is 3.29. The van der Waals surface area contributed by atoms with E-state index in [9.17, 15) is 0 Å². The minimum atomic E-state index is 0.835. The Labute approximate surface area is 83.1 Å². The molecule has 2 fully saturated rings. The normalized spacial score (nSPS) is 37.8. The van der Waals surface area contributed by atoms with Crippen molar-refractivity contribution in [2.45, 2.75) is 59.3 Å². The van der Waals surface area contributed by atoms with Gasteiger partial charge in [-0.15, -0.1) is 0 Å². The monoisotopic (exact) mass is 180 g/mol. The highest BCUT2D eigenvalue weighted by Gasteiger charge is 2.43. The van der Waals surface area contributed by atoms with Crippen molar-refractivity contribution < 1.29 is 0 Å². The van der Waals surface area contributed by atoms with Crippen molar-refractivity contribution >= 4 is 0 Å². The third-order valence-electron chi connectivity index (χ3n) is 4.80. The molecule has 76 valence electrons. The third-order valence-corrected chi connectivity index (χ3v) is 4.80. The van der Waals surface area contributed by atoms with Gasteiger partial charge in [0.25, 0.3) is 0 Å². The zero-order valence-electron chi connectivity index (χ0n) is 9.47. The molecule has 0 heterocycles. The van der Waals surface area contributed by atoms with Gasteiger partial charge in [-0.25, -0.2) is 0 Å². The van der Waals surface area contributed by atoms with Crippen molar-refractivity contribution in [2.24, 2.45) is 23.2 Å². The van der Waals surface area contributed by atoms with Crippen LogP contribution in [0.4, 0.5) is 0 Å². The quantitative estimate of drug-likeness (QED) is 0.566. The molecule has 0 aliphatic heterocycles. The van der Waals surface area contributed by atoms with Gasteiger partial charge in [-0.2, -0.15) is 0 Å². The highest BCUT2D eigenvalue weighted by atomic mass is 14.5. The van der Waals surface area contributed by atoms with Gasteiger partial charge in [-0.1, -0.05) is 27.2 Å². The summed E-state index contributed by atoms with van der Waals surface area (Å²) in [6, 6.07) is 0. The summed E-state index contributed by atoms with van der Waals surface area (Å²) in [7, 11) is 0. The Morgan fingerprint density at radius 2 is 1.85 bits per heavy atom. The first-order chi connectivity index (χ1) is 6.13. The lowest BCUT2D eigenvalue weighted by Crippen LogP contribution is -2.39. The Bertz CT molecular complexity index is 176. The first-order valence-electron chi connectivity index (χ1n) is 6.13. The van der Waals surface area contributed by atoms with Crippen LogP contribution in [0, 0.1) is 23.2 Å². The summed E-state index contributed by atoms with van der Waals surface area (Å²) in [6.07, 6.45) is 9.19. The van der Waals surface area contributed by atoms with Crippen LogP contribution in [0.5, 0.6) is 0 Å². The lowest BCUT2D eigenvalue weighted by atomic mass is 9.55. The first kappa shape index (κ1) is 9.55. The molecule has 0 nitrogen and oxygen atoms in total. The summed E-state index contributed by atoms with van der Waals surface area (Å²) in [6.45, 7) is 7.30. The molecule has 0 amide bonds. The van der Waals surface area contributed by atoms with E-state index in [1.807, 2.05) is 0 Å². The van der Waals surface area contributed by atoms with Gasteiger partial charge in [-0.3, -0.25) is 0 Å². The van der Waals surface area contributed by atoms with Gasteiger partial charge < -0.3 is 0 Å². The van der Waals surface area contributed by atoms with Crippen LogP contribution in [-0.4, -0.2) is 0 Å². The molecule has 0 aromatic heterocycles. The second-order valence-electron chi connectivity index (χ2n) is 5.98. The molecule has 1 spiro atoms. The average molecular weight is 180 g/mol. The lowest BCUT2D eigenvalue weighted by Gasteiger charge is -2.51. The van der Waals surface area contributed by atoms with Gasteiger partial charge >= 0.3 is 0 Å². The highest BCUT2D eigenvalue weighted by Crippen LogP contribution is 2.55. The predicted octanol–water partition coefficient (Wildman–Crippen LogP) is 4.25. The predicted molar refractivity (Wildman–Crippen MR) is 57.6 cm³/mol. The summed E-state index contributed by atoms with van der Waals surface area (Å²) >= 11 is 0. The summed E-state index contributed by atoms with van der Waals surface area (Å²) < 4.78 is 0. The smallest absolute Gasteiger partial charge is 0.0295 e. The second-order valence-corrected chi connectivity index (χ2v) is 5.98. The summed E-state index contributed by atoms with van der Waals surface area (Å²) in [5.41, 5.74) is 0.835. The molecule has 2 aliphatic rings. The maximum atomic E-state index is 2.47. The first-order valence-corrected chi connectivity index (χ1v) is 6.13. The van der Waals surface area contributed by atoms with E-state index in [0.29, 0.717) is 0 Å². The number of rotatable bonds is 1. The zero-order valence-corrected chi connectivity index (χ0v) is 9.47. The van der Waals surface area contributed by atoms with Crippen LogP contribution in [0.1, 0.15) is 59.3 Å². The Hall–Kier alpha value is 0. The molecule has 2 atom stereocenters. The van der Waals surface area contributed by atoms with Gasteiger partial charge in [-0.05, 0) is 55.3 Å². The Morgan fingerprint density at radius 3 is 2.31 bits per heavy atom. The minimum Gasteiger partial charge on any atom is -0.0625 e. The SMILES string of the molecule is CC(C)C1CC2(CCC2)CCC1C.